The van der Waals surface area contributed by atoms with Crippen molar-refractivity contribution in [3.8, 4) is 5.88 Å². The van der Waals surface area contributed by atoms with Crippen molar-refractivity contribution in [3.05, 3.63) is 23.4 Å². The molecule has 6 nitrogen and oxygen atoms in total. The molecule has 1 aromatic rings. The van der Waals surface area contributed by atoms with Crippen molar-refractivity contribution >= 4 is 11.8 Å². The molecule has 1 rings (SSSR count). The lowest BCUT2D eigenvalue weighted by molar-refractivity contribution is -0.144. The number of hydrogen-bond donors (Lipinski definition) is 2. The zero-order valence-corrected chi connectivity index (χ0v) is 12.6. The quantitative estimate of drug-likeness (QED) is 0.450. The molecule has 0 fully saturated rings. The lowest BCUT2D eigenvalue weighted by Gasteiger charge is -2.16. The van der Waals surface area contributed by atoms with E-state index in [1.807, 2.05) is 0 Å². The van der Waals surface area contributed by atoms with Crippen LogP contribution in [0, 0.1) is 0 Å². The number of nitrogens with one attached hydrogen (secondary N) is 1. The van der Waals surface area contributed by atoms with E-state index in [0.29, 0.717) is 12.5 Å². The average molecular weight is 334 g/mol. The molecule has 9 heteroatoms. The number of Topliss-reactive ketones (excluding diaryl/α,β-unsaturated/α-hetero) is 1. The highest BCUT2D eigenvalue weighted by molar-refractivity contribution is 6.12. The molecule has 2 N–H and O–H groups in total. The first kappa shape index (κ1) is 18.9. The van der Waals surface area contributed by atoms with Crippen molar-refractivity contribution in [2.24, 2.45) is 0 Å². The van der Waals surface area contributed by atoms with Gasteiger partial charge in [0.25, 0.3) is 0 Å². The Morgan fingerprint density at radius 3 is 2.57 bits per heavy atom. The predicted molar refractivity (Wildman–Crippen MR) is 73.9 cm³/mol. The molecule has 0 radical (unpaired) electrons. The highest BCUT2D eigenvalue weighted by Crippen LogP contribution is 2.34. The van der Waals surface area contributed by atoms with Gasteiger partial charge in [-0.25, -0.2) is 9.78 Å². The lowest BCUT2D eigenvalue weighted by Crippen LogP contribution is -2.44. The minimum atomic E-state index is -4.87. The molecule has 0 aliphatic carbocycles. The zero-order valence-electron chi connectivity index (χ0n) is 12.6. The van der Waals surface area contributed by atoms with Gasteiger partial charge in [0.1, 0.15) is 5.56 Å². The van der Waals surface area contributed by atoms with E-state index < -0.39 is 41.0 Å². The van der Waals surface area contributed by atoms with Gasteiger partial charge in [-0.2, -0.15) is 13.2 Å². The van der Waals surface area contributed by atoms with Gasteiger partial charge in [-0.1, -0.05) is 13.8 Å². The largest absolute Gasteiger partial charge is 0.493 e. The molecular formula is C14H17F3N2O4. The van der Waals surface area contributed by atoms with E-state index >= 15 is 0 Å². The Hall–Kier alpha value is -2.16. The minimum Gasteiger partial charge on any atom is -0.493 e. The number of ketones is 1. The topological polar surface area (TPSA) is 88.5 Å². The van der Waals surface area contributed by atoms with E-state index in [1.165, 1.54) is 0 Å². The van der Waals surface area contributed by atoms with Crippen LogP contribution in [0.2, 0.25) is 0 Å². The smallest absolute Gasteiger partial charge is 0.421 e. The first-order chi connectivity index (χ1) is 10.7. The second kappa shape index (κ2) is 7.91. The van der Waals surface area contributed by atoms with E-state index in [-0.39, 0.29) is 13.2 Å². The van der Waals surface area contributed by atoms with Crippen LogP contribution in [0.1, 0.15) is 36.2 Å². The maximum atomic E-state index is 12.7. The third-order valence-electron chi connectivity index (χ3n) is 2.81. The van der Waals surface area contributed by atoms with Crippen molar-refractivity contribution in [1.29, 1.82) is 0 Å². The number of nitrogens with zero attached hydrogens (tertiary/aromatic N) is 1. The number of aromatic nitrogens is 1. The molecule has 0 spiro atoms. The van der Waals surface area contributed by atoms with Gasteiger partial charge in [-0.15, -0.1) is 0 Å². The van der Waals surface area contributed by atoms with Crippen LogP contribution >= 0.6 is 0 Å². The molecule has 1 unspecified atom stereocenters. The number of rotatable bonds is 7. The Labute approximate surface area is 130 Å². The van der Waals surface area contributed by atoms with E-state index in [1.54, 1.807) is 13.8 Å². The number of halogens is 3. The Morgan fingerprint density at radius 1 is 1.39 bits per heavy atom. The second-order valence-corrected chi connectivity index (χ2v) is 4.62. The van der Waals surface area contributed by atoms with Gasteiger partial charge < -0.3 is 9.84 Å². The zero-order chi connectivity index (χ0) is 17.6. The summed E-state index contributed by atoms with van der Waals surface area (Å²) < 4.78 is 43.1. The van der Waals surface area contributed by atoms with Crippen LogP contribution in [0.3, 0.4) is 0 Å². The van der Waals surface area contributed by atoms with Gasteiger partial charge in [0.05, 0.1) is 6.61 Å². The molecule has 0 saturated carbocycles. The summed E-state index contributed by atoms with van der Waals surface area (Å²) in [7, 11) is 0. The third-order valence-corrected chi connectivity index (χ3v) is 2.81. The normalized spacial score (nSPS) is 12.7. The number of aromatic hydroxyl groups is 1. The van der Waals surface area contributed by atoms with Gasteiger partial charge in [0.2, 0.25) is 5.88 Å². The first-order valence-corrected chi connectivity index (χ1v) is 6.92. The van der Waals surface area contributed by atoms with E-state index in [2.05, 4.69) is 10.3 Å². The van der Waals surface area contributed by atoms with Crippen LogP contribution in [0.5, 0.6) is 5.88 Å². The Balaban J connectivity index is 3.11. The molecule has 128 valence electrons. The number of carbonyl (C=O) groups is 2. The fourth-order valence-corrected chi connectivity index (χ4v) is 1.74. The van der Waals surface area contributed by atoms with Gasteiger partial charge in [0, 0.05) is 11.8 Å². The van der Waals surface area contributed by atoms with Gasteiger partial charge in [0.15, 0.2) is 11.8 Å². The van der Waals surface area contributed by atoms with Crippen LogP contribution in [-0.4, -0.2) is 41.0 Å². The van der Waals surface area contributed by atoms with Crippen LogP contribution < -0.4 is 5.32 Å². The number of pyridine rings is 1. The van der Waals surface area contributed by atoms with Gasteiger partial charge >= 0.3 is 12.1 Å². The summed E-state index contributed by atoms with van der Waals surface area (Å²) in [6, 6.07) is -0.971. The van der Waals surface area contributed by atoms with Gasteiger partial charge in [-0.3, -0.25) is 10.1 Å². The molecule has 0 bridgehead atoms. The minimum absolute atomic E-state index is 0.0929. The lowest BCUT2D eigenvalue weighted by atomic mass is 10.0. The highest BCUT2D eigenvalue weighted by atomic mass is 19.4. The fourth-order valence-electron chi connectivity index (χ4n) is 1.74. The number of ether oxygens (including phenoxy) is 1. The highest BCUT2D eigenvalue weighted by Gasteiger charge is 2.37. The second-order valence-electron chi connectivity index (χ2n) is 4.62. The molecule has 0 saturated heterocycles. The van der Waals surface area contributed by atoms with Crippen molar-refractivity contribution in [2.75, 3.05) is 13.2 Å². The van der Waals surface area contributed by atoms with Crippen LogP contribution in [0.25, 0.3) is 0 Å². The summed E-state index contributed by atoms with van der Waals surface area (Å²) >= 11 is 0. The summed E-state index contributed by atoms with van der Waals surface area (Å²) in [5.74, 6) is -3.02. The van der Waals surface area contributed by atoms with Crippen molar-refractivity contribution in [2.45, 2.75) is 32.5 Å². The number of carbonyl (C=O) groups excluding carboxylic acids is 2. The summed E-state index contributed by atoms with van der Waals surface area (Å²) in [5.41, 5.74) is -1.89. The summed E-state index contributed by atoms with van der Waals surface area (Å²) in [6.07, 6.45) is -3.55. The first-order valence-electron chi connectivity index (χ1n) is 6.92. The summed E-state index contributed by atoms with van der Waals surface area (Å²) in [4.78, 5) is 27.3. The molecule has 0 aliphatic rings. The fraction of sp³-hybridized carbons (Fsp3) is 0.500. The van der Waals surface area contributed by atoms with E-state index in [0.717, 1.165) is 6.20 Å². The number of alkyl halides is 3. The maximum Gasteiger partial charge on any atom is 0.421 e. The summed E-state index contributed by atoms with van der Waals surface area (Å²) in [5, 5.41) is 11.7. The van der Waals surface area contributed by atoms with Crippen molar-refractivity contribution < 1.29 is 32.6 Å². The third kappa shape index (κ3) is 4.92. The molecule has 1 heterocycles. The number of esters is 1. The molecule has 23 heavy (non-hydrogen) atoms. The Morgan fingerprint density at radius 2 is 2.04 bits per heavy atom. The average Bonchev–Trinajstić information content (AvgIpc) is 2.49. The van der Waals surface area contributed by atoms with Crippen molar-refractivity contribution in [3.63, 3.8) is 0 Å². The SMILES string of the molecule is CCCOC(=O)C(NCC)C(=O)c1cnc(O)c(C(F)(F)F)c1. The number of hydrogen-bond acceptors (Lipinski definition) is 6. The van der Waals surface area contributed by atoms with Gasteiger partial charge in [-0.05, 0) is 19.0 Å². The van der Waals surface area contributed by atoms with Crippen LogP contribution in [0.4, 0.5) is 13.2 Å². The molecule has 1 atom stereocenters. The predicted octanol–water partition coefficient (Wildman–Crippen LogP) is 1.92. The summed E-state index contributed by atoms with van der Waals surface area (Å²) in [6.45, 7) is 3.71. The molecule has 0 amide bonds. The molecular weight excluding hydrogens is 317 g/mol. The van der Waals surface area contributed by atoms with Crippen LogP contribution in [-0.2, 0) is 15.7 Å². The molecule has 0 aromatic carbocycles. The molecule has 1 aromatic heterocycles. The monoisotopic (exact) mass is 334 g/mol. The molecule has 0 aliphatic heterocycles. The van der Waals surface area contributed by atoms with Crippen molar-refractivity contribution in [1.82, 2.24) is 10.3 Å². The van der Waals surface area contributed by atoms with E-state index in [4.69, 9.17) is 9.84 Å². The van der Waals surface area contributed by atoms with E-state index in [9.17, 15) is 22.8 Å². The standard InChI is InChI=1S/C14H17F3N2O4/c1-3-5-23-13(22)10(18-4-2)11(20)8-6-9(14(15,16)17)12(21)19-7-8/h6-7,10,18H,3-5H2,1-2H3,(H,19,21). The maximum absolute atomic E-state index is 12.7. The van der Waals surface area contributed by atoms with Crippen LogP contribution in [0.15, 0.2) is 12.3 Å². The Bertz CT molecular complexity index is 576. The Kier molecular flexibility index (Phi) is 6.49. The number of likely N-dealkylation sites (N-methyl/N-ethyl adjacent to an activating group) is 1.